The minimum absolute atomic E-state index is 0.0782. The van der Waals surface area contributed by atoms with Crippen molar-refractivity contribution < 1.29 is 61.8 Å². The number of amides is 1. The van der Waals surface area contributed by atoms with Crippen molar-refractivity contribution in [3.63, 3.8) is 0 Å². The number of rotatable bonds is 21. The van der Waals surface area contributed by atoms with E-state index >= 15 is 0 Å². The third-order valence-electron chi connectivity index (χ3n) is 12.2. The first-order valence-corrected chi connectivity index (χ1v) is 25.4. The SMILES string of the molecule is COc1ccc(COC[C@H]2O[C@@H](OCc3ccccc3)[C@H](NC(C)=O)[C@@H](O[C@@H]3O[C@H](CO[Si](C)(C)C(C)(C)C)[C@@H](OCc4ccccc4)[C@H](OCc4ccccc4)[C@H]3OC(C)=O)[C@H]2O)cc1. The fraction of sp³-hybridized carbons (Fsp3) is 0.490. The lowest BCUT2D eigenvalue weighted by Gasteiger charge is -2.50. The minimum Gasteiger partial charge on any atom is -0.497 e. The normalized spacial score (nSPS) is 25.8. The average Bonchev–Trinajstić information content (AvgIpc) is 3.29. The highest BCUT2D eigenvalue weighted by Crippen LogP contribution is 2.39. The van der Waals surface area contributed by atoms with Gasteiger partial charge in [-0.3, -0.25) is 9.59 Å². The van der Waals surface area contributed by atoms with Crippen LogP contribution in [0, 0.1) is 0 Å². The number of aliphatic hydroxyl groups excluding tert-OH is 1. The molecule has 6 rings (SSSR count). The second kappa shape index (κ2) is 24.0. The Morgan fingerprint density at radius 3 is 1.67 bits per heavy atom. The van der Waals surface area contributed by atoms with Crippen molar-refractivity contribution in [2.75, 3.05) is 20.3 Å². The van der Waals surface area contributed by atoms with E-state index < -0.39 is 81.5 Å². The predicted molar refractivity (Wildman–Crippen MR) is 248 cm³/mol. The highest BCUT2D eigenvalue weighted by Gasteiger charge is 2.55. The fourth-order valence-electron chi connectivity index (χ4n) is 7.54. The highest BCUT2D eigenvalue weighted by molar-refractivity contribution is 6.74. The van der Waals surface area contributed by atoms with Crippen LogP contribution in [-0.2, 0) is 78.3 Å². The Morgan fingerprint density at radius 1 is 0.636 bits per heavy atom. The molecule has 358 valence electrons. The van der Waals surface area contributed by atoms with E-state index in [9.17, 15) is 14.7 Å². The Balaban J connectivity index is 1.37. The van der Waals surface area contributed by atoms with Gasteiger partial charge < -0.3 is 57.5 Å². The number of hydrogen-bond acceptors (Lipinski definition) is 13. The Hall–Kier alpha value is -4.52. The summed E-state index contributed by atoms with van der Waals surface area (Å²) in [5.74, 6) is -0.338. The van der Waals surface area contributed by atoms with E-state index in [4.69, 9.17) is 47.1 Å². The summed E-state index contributed by atoms with van der Waals surface area (Å²) in [6, 6.07) is 35.2. The molecule has 0 unspecified atom stereocenters. The van der Waals surface area contributed by atoms with Gasteiger partial charge in [0, 0.05) is 13.8 Å². The molecule has 14 nitrogen and oxygen atoms in total. The van der Waals surface area contributed by atoms with Gasteiger partial charge in [-0.2, -0.15) is 0 Å². The molecule has 1 amide bonds. The maximum absolute atomic E-state index is 13.2. The molecule has 2 aliphatic rings. The van der Waals surface area contributed by atoms with E-state index in [1.165, 1.54) is 13.8 Å². The van der Waals surface area contributed by atoms with Gasteiger partial charge >= 0.3 is 5.97 Å². The maximum atomic E-state index is 13.2. The molecule has 0 aliphatic carbocycles. The van der Waals surface area contributed by atoms with Crippen LogP contribution in [0.2, 0.25) is 18.1 Å². The van der Waals surface area contributed by atoms with Crippen molar-refractivity contribution in [1.82, 2.24) is 5.32 Å². The molecule has 4 aromatic rings. The zero-order valence-corrected chi connectivity index (χ0v) is 40.3. The van der Waals surface area contributed by atoms with E-state index in [-0.39, 0.29) is 44.7 Å². The molecule has 0 saturated carbocycles. The first-order valence-electron chi connectivity index (χ1n) is 22.5. The number of ether oxygens (including phenoxy) is 9. The van der Waals surface area contributed by atoms with E-state index in [0.29, 0.717) is 5.75 Å². The number of esters is 1. The molecule has 0 radical (unpaired) electrons. The Morgan fingerprint density at radius 2 is 1.15 bits per heavy atom. The largest absolute Gasteiger partial charge is 0.497 e. The van der Waals surface area contributed by atoms with Gasteiger partial charge in [-0.05, 0) is 52.5 Å². The van der Waals surface area contributed by atoms with Crippen molar-refractivity contribution >= 4 is 20.2 Å². The predicted octanol–water partition coefficient (Wildman–Crippen LogP) is 7.25. The van der Waals surface area contributed by atoms with Crippen LogP contribution in [-0.4, -0.2) is 107 Å². The molecule has 2 aliphatic heterocycles. The summed E-state index contributed by atoms with van der Waals surface area (Å²) in [7, 11) is -0.788. The highest BCUT2D eigenvalue weighted by atomic mass is 28.4. The van der Waals surface area contributed by atoms with E-state index in [2.05, 4.69) is 39.2 Å². The third-order valence-corrected chi connectivity index (χ3v) is 16.7. The Kier molecular flexibility index (Phi) is 18.5. The molecular formula is C51H67NO13Si. The van der Waals surface area contributed by atoms with Gasteiger partial charge in [0.25, 0.3) is 0 Å². The number of hydrogen-bond donors (Lipinski definition) is 2. The third kappa shape index (κ3) is 14.2. The van der Waals surface area contributed by atoms with Crippen LogP contribution in [0.25, 0.3) is 0 Å². The van der Waals surface area contributed by atoms with Gasteiger partial charge in [0.1, 0.15) is 48.4 Å². The Labute approximate surface area is 390 Å². The van der Waals surface area contributed by atoms with E-state index in [0.717, 1.165) is 22.3 Å². The summed E-state index contributed by atoms with van der Waals surface area (Å²) in [5.41, 5.74) is 3.52. The number of aliphatic hydroxyl groups is 1. The van der Waals surface area contributed by atoms with Crippen molar-refractivity contribution in [2.24, 2.45) is 0 Å². The first kappa shape index (κ1) is 50.9. The topological polar surface area (TPSA) is 159 Å². The number of methoxy groups -OCH3 is 1. The maximum Gasteiger partial charge on any atom is 0.303 e. The molecule has 2 fully saturated rings. The van der Waals surface area contributed by atoms with Crippen LogP contribution in [0.15, 0.2) is 115 Å². The lowest BCUT2D eigenvalue weighted by Crippen LogP contribution is -2.68. The standard InChI is InChI=1S/C51H67NO13Si/c1-34(53)52-43-46(44(55)41(32-57-28-39-24-26-40(56-6)27-25-39)63-49(43)60-31-38-22-16-11-17-23-38)65-50-48(62-35(2)54)47(59-30-37-20-14-10-15-21-37)45(58-29-36-18-12-9-13-19-36)42(64-50)33-61-66(7,8)51(3,4)5/h9-27,41-50,55H,28-33H2,1-8H3,(H,52,53)/t41-,42-,43-,44+,45-,46-,47+,48-,49-,50+/m1/s1. The quantitative estimate of drug-likeness (QED) is 0.0637. The smallest absolute Gasteiger partial charge is 0.303 e. The van der Waals surface area contributed by atoms with Crippen LogP contribution in [0.4, 0.5) is 0 Å². The van der Waals surface area contributed by atoms with Crippen LogP contribution in [0.1, 0.15) is 56.9 Å². The molecule has 0 spiro atoms. The summed E-state index contributed by atoms with van der Waals surface area (Å²) in [5, 5.41) is 15.1. The molecule has 2 heterocycles. The van der Waals surface area contributed by atoms with Crippen LogP contribution >= 0.6 is 0 Å². The summed E-state index contributed by atoms with van der Waals surface area (Å²) in [6.45, 7) is 14.1. The molecule has 15 heteroatoms. The number of nitrogens with one attached hydrogen (secondary N) is 1. The van der Waals surface area contributed by atoms with Crippen LogP contribution in [0.5, 0.6) is 5.75 Å². The van der Waals surface area contributed by atoms with Crippen molar-refractivity contribution in [3.8, 4) is 5.75 Å². The van der Waals surface area contributed by atoms with Crippen molar-refractivity contribution in [1.29, 1.82) is 0 Å². The lowest BCUT2D eigenvalue weighted by molar-refractivity contribution is -0.354. The molecule has 66 heavy (non-hydrogen) atoms. The molecule has 0 bridgehead atoms. The monoisotopic (exact) mass is 929 g/mol. The van der Waals surface area contributed by atoms with Gasteiger partial charge in [0.15, 0.2) is 27.0 Å². The molecule has 4 aromatic carbocycles. The number of carbonyl (C=O) groups is 2. The first-order chi connectivity index (χ1) is 31.6. The lowest BCUT2D eigenvalue weighted by atomic mass is 9.95. The molecule has 0 aromatic heterocycles. The summed E-state index contributed by atoms with van der Waals surface area (Å²) in [4.78, 5) is 26.2. The summed E-state index contributed by atoms with van der Waals surface area (Å²) >= 11 is 0. The molecule has 2 N–H and O–H groups in total. The van der Waals surface area contributed by atoms with Crippen molar-refractivity contribution in [3.05, 3.63) is 138 Å². The van der Waals surface area contributed by atoms with Gasteiger partial charge in [-0.1, -0.05) is 124 Å². The summed E-state index contributed by atoms with van der Waals surface area (Å²) in [6.07, 6.45) is -10.1. The van der Waals surface area contributed by atoms with Gasteiger partial charge in [0.05, 0.1) is 46.8 Å². The second-order valence-electron chi connectivity index (χ2n) is 18.2. The number of carbonyl (C=O) groups excluding carboxylic acids is 2. The van der Waals surface area contributed by atoms with Crippen LogP contribution < -0.4 is 10.1 Å². The Bertz CT molecular complexity index is 2070. The zero-order chi connectivity index (χ0) is 47.3. The second-order valence-corrected chi connectivity index (χ2v) is 23.0. The summed E-state index contributed by atoms with van der Waals surface area (Å²) < 4.78 is 64.6. The average molecular weight is 930 g/mol. The molecule has 10 atom stereocenters. The van der Waals surface area contributed by atoms with Crippen LogP contribution in [0.3, 0.4) is 0 Å². The van der Waals surface area contributed by atoms with Crippen molar-refractivity contribution in [2.45, 2.75) is 141 Å². The number of benzene rings is 4. The fourth-order valence-corrected chi connectivity index (χ4v) is 8.55. The van der Waals surface area contributed by atoms with Gasteiger partial charge in [-0.15, -0.1) is 0 Å². The molecule has 2 saturated heterocycles. The van der Waals surface area contributed by atoms with E-state index in [1.807, 2.05) is 115 Å². The zero-order valence-electron chi connectivity index (χ0n) is 39.3. The van der Waals surface area contributed by atoms with Gasteiger partial charge in [-0.25, -0.2) is 0 Å². The molecular weight excluding hydrogens is 863 g/mol. The van der Waals surface area contributed by atoms with Gasteiger partial charge in [0.2, 0.25) is 5.91 Å². The van der Waals surface area contributed by atoms with E-state index in [1.54, 1.807) is 7.11 Å². The minimum atomic E-state index is -2.39.